The maximum Gasteiger partial charge on any atom is 0.186 e. The highest BCUT2D eigenvalue weighted by atomic mass is 32.1. The van der Waals surface area contributed by atoms with Crippen LogP contribution in [0, 0.1) is 0 Å². The Morgan fingerprint density at radius 2 is 1.04 bits per heavy atom. The number of hydrogen-bond donors (Lipinski definition) is 0. The van der Waals surface area contributed by atoms with Crippen LogP contribution < -0.4 is 9.80 Å². The van der Waals surface area contributed by atoms with E-state index >= 15 is 0 Å². The lowest BCUT2D eigenvalue weighted by atomic mass is 10.3. The highest BCUT2D eigenvalue weighted by Gasteiger charge is 2.22. The van der Waals surface area contributed by atoms with E-state index in [1.54, 1.807) is 22.7 Å². The van der Waals surface area contributed by atoms with Gasteiger partial charge in [0.25, 0.3) is 0 Å². The molecule has 120 valence electrons. The van der Waals surface area contributed by atoms with Crippen LogP contribution in [0.1, 0.15) is 0 Å². The first kappa shape index (κ1) is 14.2. The van der Waals surface area contributed by atoms with E-state index in [2.05, 4.69) is 58.3 Å². The van der Waals surface area contributed by atoms with Gasteiger partial charge in [-0.25, -0.2) is 9.97 Å². The second-order valence-electron chi connectivity index (χ2n) is 5.90. The number of thiazole rings is 2. The largest absolute Gasteiger partial charge is 0.345 e. The molecule has 0 radical (unpaired) electrons. The van der Waals surface area contributed by atoms with Gasteiger partial charge in [0.05, 0.1) is 20.4 Å². The van der Waals surface area contributed by atoms with Crippen LogP contribution in [0.4, 0.5) is 10.3 Å². The molecule has 0 saturated carbocycles. The number of rotatable bonds is 2. The second-order valence-corrected chi connectivity index (χ2v) is 7.92. The highest BCUT2D eigenvalue weighted by molar-refractivity contribution is 7.22. The Morgan fingerprint density at radius 3 is 1.46 bits per heavy atom. The molecule has 6 heteroatoms. The Hall–Kier alpha value is -2.18. The summed E-state index contributed by atoms with van der Waals surface area (Å²) in [6.45, 7) is 3.98. The predicted molar refractivity (Wildman–Crippen MR) is 104 cm³/mol. The van der Waals surface area contributed by atoms with Crippen molar-refractivity contribution in [2.45, 2.75) is 0 Å². The molecule has 1 fully saturated rings. The second kappa shape index (κ2) is 5.72. The lowest BCUT2D eigenvalue weighted by Gasteiger charge is -2.34. The van der Waals surface area contributed by atoms with Crippen molar-refractivity contribution in [3.8, 4) is 0 Å². The van der Waals surface area contributed by atoms with Crippen molar-refractivity contribution < 1.29 is 0 Å². The minimum absolute atomic E-state index is 0.996. The molecule has 1 saturated heterocycles. The molecule has 1 aliphatic rings. The Bertz CT molecular complexity index is 850. The van der Waals surface area contributed by atoms with Crippen LogP contribution in [0.5, 0.6) is 0 Å². The molecule has 1 aliphatic heterocycles. The Morgan fingerprint density at radius 1 is 0.625 bits per heavy atom. The van der Waals surface area contributed by atoms with Crippen LogP contribution in [0.15, 0.2) is 48.5 Å². The molecule has 0 amide bonds. The van der Waals surface area contributed by atoms with E-state index in [-0.39, 0.29) is 0 Å². The number of nitrogens with zero attached hydrogens (tertiary/aromatic N) is 4. The van der Waals surface area contributed by atoms with Gasteiger partial charge in [-0.1, -0.05) is 46.9 Å². The summed E-state index contributed by atoms with van der Waals surface area (Å²) < 4.78 is 2.53. The number of fused-ring (bicyclic) bond motifs is 2. The van der Waals surface area contributed by atoms with Crippen molar-refractivity contribution in [3.63, 3.8) is 0 Å². The van der Waals surface area contributed by atoms with Crippen LogP contribution in [0.25, 0.3) is 20.4 Å². The molecule has 0 spiro atoms. The molecule has 3 heterocycles. The SMILES string of the molecule is c1ccc2sc(N3CCN(c4nc5ccccc5s4)CC3)nc2c1. The van der Waals surface area contributed by atoms with Gasteiger partial charge in [-0.3, -0.25) is 0 Å². The average molecular weight is 352 g/mol. The standard InChI is InChI=1S/C18H16N4S2/c1-3-7-15-13(5-1)19-17(23-15)21-9-11-22(12-10-21)18-20-14-6-2-4-8-16(14)24-18/h1-8H,9-12H2. The average Bonchev–Trinajstić information content (AvgIpc) is 3.25. The molecular weight excluding hydrogens is 336 g/mol. The first-order chi connectivity index (χ1) is 11.9. The fourth-order valence-electron chi connectivity index (χ4n) is 3.08. The van der Waals surface area contributed by atoms with Crippen molar-refractivity contribution in [1.82, 2.24) is 9.97 Å². The van der Waals surface area contributed by atoms with E-state index in [9.17, 15) is 0 Å². The van der Waals surface area contributed by atoms with E-state index in [0.717, 1.165) is 47.5 Å². The van der Waals surface area contributed by atoms with E-state index in [1.165, 1.54) is 9.40 Å². The molecule has 0 N–H and O–H groups in total. The molecule has 4 nitrogen and oxygen atoms in total. The topological polar surface area (TPSA) is 32.3 Å². The third-order valence-corrected chi connectivity index (χ3v) is 6.58. The van der Waals surface area contributed by atoms with Gasteiger partial charge in [-0.15, -0.1) is 0 Å². The van der Waals surface area contributed by atoms with Gasteiger partial charge in [-0.05, 0) is 24.3 Å². The molecule has 5 rings (SSSR count). The van der Waals surface area contributed by atoms with Gasteiger partial charge in [-0.2, -0.15) is 0 Å². The normalized spacial score (nSPS) is 15.5. The van der Waals surface area contributed by atoms with Crippen LogP contribution in [0.3, 0.4) is 0 Å². The number of para-hydroxylation sites is 2. The van der Waals surface area contributed by atoms with Gasteiger partial charge in [0.2, 0.25) is 0 Å². The van der Waals surface area contributed by atoms with Crippen molar-refractivity contribution in [2.75, 3.05) is 36.0 Å². The summed E-state index contributed by atoms with van der Waals surface area (Å²) in [5.41, 5.74) is 2.21. The van der Waals surface area contributed by atoms with Crippen molar-refractivity contribution in [3.05, 3.63) is 48.5 Å². The number of piperazine rings is 1. The van der Waals surface area contributed by atoms with E-state index in [4.69, 9.17) is 9.97 Å². The van der Waals surface area contributed by atoms with Crippen molar-refractivity contribution >= 4 is 53.4 Å². The summed E-state index contributed by atoms with van der Waals surface area (Å²) in [5, 5.41) is 2.28. The molecule has 0 atom stereocenters. The van der Waals surface area contributed by atoms with Gasteiger partial charge in [0, 0.05) is 26.2 Å². The lowest BCUT2D eigenvalue weighted by Crippen LogP contribution is -2.46. The Kier molecular flexibility index (Phi) is 3.38. The van der Waals surface area contributed by atoms with Crippen molar-refractivity contribution in [2.24, 2.45) is 0 Å². The fraction of sp³-hybridized carbons (Fsp3) is 0.222. The predicted octanol–water partition coefficient (Wildman–Crippen LogP) is 4.23. The summed E-state index contributed by atoms with van der Waals surface area (Å²) in [6, 6.07) is 16.7. The molecule has 24 heavy (non-hydrogen) atoms. The van der Waals surface area contributed by atoms with Gasteiger partial charge in [0.15, 0.2) is 10.3 Å². The minimum atomic E-state index is 0.996. The number of benzene rings is 2. The number of aromatic nitrogens is 2. The maximum absolute atomic E-state index is 4.78. The monoisotopic (exact) mass is 352 g/mol. The molecule has 0 bridgehead atoms. The fourth-order valence-corrected chi connectivity index (χ4v) is 5.11. The number of hydrogen-bond acceptors (Lipinski definition) is 6. The summed E-state index contributed by atoms with van der Waals surface area (Å²) in [5.74, 6) is 0. The molecular formula is C18H16N4S2. The summed E-state index contributed by atoms with van der Waals surface area (Å²) >= 11 is 3.58. The van der Waals surface area contributed by atoms with Crippen LogP contribution in [-0.4, -0.2) is 36.1 Å². The summed E-state index contributed by atoms with van der Waals surface area (Å²) in [4.78, 5) is 14.4. The first-order valence-corrected chi connectivity index (χ1v) is 9.71. The zero-order valence-electron chi connectivity index (χ0n) is 13.1. The Balaban J connectivity index is 1.34. The first-order valence-electron chi connectivity index (χ1n) is 8.08. The Labute approximate surface area is 148 Å². The molecule has 4 aromatic rings. The third kappa shape index (κ3) is 2.42. The zero-order chi connectivity index (χ0) is 15.9. The summed E-state index contributed by atoms with van der Waals surface area (Å²) in [7, 11) is 0. The molecule has 2 aromatic heterocycles. The highest BCUT2D eigenvalue weighted by Crippen LogP contribution is 2.32. The van der Waals surface area contributed by atoms with Gasteiger partial charge in [0.1, 0.15) is 0 Å². The quantitative estimate of drug-likeness (QED) is 0.540. The van der Waals surface area contributed by atoms with E-state index in [0.29, 0.717) is 0 Å². The van der Waals surface area contributed by atoms with E-state index in [1.807, 2.05) is 0 Å². The van der Waals surface area contributed by atoms with E-state index < -0.39 is 0 Å². The zero-order valence-corrected chi connectivity index (χ0v) is 14.7. The summed E-state index contributed by atoms with van der Waals surface area (Å²) in [6.07, 6.45) is 0. The van der Waals surface area contributed by atoms with Crippen LogP contribution in [-0.2, 0) is 0 Å². The smallest absolute Gasteiger partial charge is 0.186 e. The van der Waals surface area contributed by atoms with Crippen LogP contribution in [0.2, 0.25) is 0 Å². The maximum atomic E-state index is 4.78. The minimum Gasteiger partial charge on any atom is -0.345 e. The number of anilines is 2. The van der Waals surface area contributed by atoms with Crippen molar-refractivity contribution in [1.29, 1.82) is 0 Å². The molecule has 0 unspecified atom stereocenters. The lowest BCUT2D eigenvalue weighted by molar-refractivity contribution is 0.651. The molecule has 0 aliphatic carbocycles. The van der Waals surface area contributed by atoms with Crippen LogP contribution >= 0.6 is 22.7 Å². The van der Waals surface area contributed by atoms with Gasteiger partial charge < -0.3 is 9.80 Å². The third-order valence-electron chi connectivity index (χ3n) is 4.39. The van der Waals surface area contributed by atoms with Gasteiger partial charge >= 0.3 is 0 Å². The molecule has 2 aromatic carbocycles.